The predicted octanol–water partition coefficient (Wildman–Crippen LogP) is 3.32. The number of halogens is 3. The van der Waals surface area contributed by atoms with Crippen LogP contribution in [0.4, 0.5) is 13.2 Å². The zero-order valence-corrected chi connectivity index (χ0v) is 17.3. The van der Waals surface area contributed by atoms with Crippen molar-refractivity contribution in [3.63, 3.8) is 0 Å². The highest BCUT2D eigenvalue weighted by Crippen LogP contribution is 2.34. The van der Waals surface area contributed by atoms with Crippen molar-refractivity contribution in [2.75, 3.05) is 13.1 Å². The standard InChI is InChI=1S/C21H21F3N6O2/c1-2-30-17(13-5-6-15(25-9-13)21(22,23)24)28-16-18(30)26-11-27-19(16)32-14-7-8-29(10-14)20(31)12-3-4-12/h5-6,9,11-12,14H,2-4,7-8,10H2,1H3. The number of aryl methyl sites for hydroxylation is 1. The van der Waals surface area contributed by atoms with Gasteiger partial charge in [-0.15, -0.1) is 0 Å². The molecular formula is C21H21F3N6O2. The molecule has 1 unspecified atom stereocenters. The third-order valence-corrected chi connectivity index (χ3v) is 5.79. The lowest BCUT2D eigenvalue weighted by Gasteiger charge is -2.16. The molecule has 1 saturated heterocycles. The second-order valence-corrected chi connectivity index (χ2v) is 8.05. The van der Waals surface area contributed by atoms with Gasteiger partial charge in [-0.3, -0.25) is 9.78 Å². The number of pyridine rings is 1. The highest BCUT2D eigenvalue weighted by atomic mass is 19.4. The summed E-state index contributed by atoms with van der Waals surface area (Å²) in [6.45, 7) is 3.55. The van der Waals surface area contributed by atoms with Gasteiger partial charge in [0, 0.05) is 37.2 Å². The zero-order chi connectivity index (χ0) is 22.5. The van der Waals surface area contributed by atoms with Crippen molar-refractivity contribution in [3.05, 3.63) is 30.4 Å². The van der Waals surface area contributed by atoms with Crippen molar-refractivity contribution in [1.82, 2.24) is 29.4 Å². The number of rotatable bonds is 5. The Bertz CT molecular complexity index is 1160. The summed E-state index contributed by atoms with van der Waals surface area (Å²) in [7, 11) is 0. The first-order valence-electron chi connectivity index (χ1n) is 10.6. The van der Waals surface area contributed by atoms with Crippen LogP contribution in [-0.2, 0) is 17.5 Å². The van der Waals surface area contributed by atoms with Crippen LogP contribution in [0.25, 0.3) is 22.6 Å². The van der Waals surface area contributed by atoms with Gasteiger partial charge in [0.1, 0.15) is 23.9 Å². The topological polar surface area (TPSA) is 86.0 Å². The highest BCUT2D eigenvalue weighted by molar-refractivity contribution is 5.82. The van der Waals surface area contributed by atoms with E-state index in [1.807, 2.05) is 11.8 Å². The third-order valence-electron chi connectivity index (χ3n) is 5.79. The normalized spacial score (nSPS) is 19.0. The molecule has 2 fully saturated rings. The number of fused-ring (bicyclic) bond motifs is 1. The smallest absolute Gasteiger partial charge is 0.433 e. The lowest BCUT2D eigenvalue weighted by Crippen LogP contribution is -2.32. The first-order chi connectivity index (χ1) is 15.3. The number of hydrogen-bond donors (Lipinski definition) is 0. The number of amides is 1. The Morgan fingerprint density at radius 3 is 2.66 bits per heavy atom. The Morgan fingerprint density at radius 2 is 2.00 bits per heavy atom. The van der Waals surface area contributed by atoms with Gasteiger partial charge in [0.15, 0.2) is 11.2 Å². The van der Waals surface area contributed by atoms with Gasteiger partial charge in [-0.2, -0.15) is 18.2 Å². The van der Waals surface area contributed by atoms with E-state index >= 15 is 0 Å². The fourth-order valence-corrected chi connectivity index (χ4v) is 3.99. The van der Waals surface area contributed by atoms with Crippen LogP contribution in [-0.4, -0.2) is 54.5 Å². The third kappa shape index (κ3) is 3.76. The molecule has 0 bridgehead atoms. The largest absolute Gasteiger partial charge is 0.471 e. The van der Waals surface area contributed by atoms with Crippen molar-refractivity contribution in [2.45, 2.75) is 45.0 Å². The lowest BCUT2D eigenvalue weighted by molar-refractivity contribution is -0.141. The second-order valence-electron chi connectivity index (χ2n) is 8.05. The van der Waals surface area contributed by atoms with Crippen molar-refractivity contribution in [1.29, 1.82) is 0 Å². The zero-order valence-electron chi connectivity index (χ0n) is 17.3. The van der Waals surface area contributed by atoms with Gasteiger partial charge in [-0.25, -0.2) is 9.97 Å². The molecular weight excluding hydrogens is 425 g/mol. The van der Waals surface area contributed by atoms with Crippen molar-refractivity contribution in [3.8, 4) is 17.3 Å². The molecule has 0 radical (unpaired) electrons. The van der Waals surface area contributed by atoms with E-state index in [1.54, 1.807) is 4.57 Å². The molecule has 1 aliphatic carbocycles. The van der Waals surface area contributed by atoms with Crippen LogP contribution in [0.15, 0.2) is 24.7 Å². The Balaban J connectivity index is 1.43. The van der Waals surface area contributed by atoms with Crippen molar-refractivity contribution < 1.29 is 22.7 Å². The average Bonchev–Trinajstić information content (AvgIpc) is 3.40. The minimum Gasteiger partial charge on any atom is -0.471 e. The fourth-order valence-electron chi connectivity index (χ4n) is 3.99. The molecule has 1 saturated carbocycles. The summed E-state index contributed by atoms with van der Waals surface area (Å²) in [5.41, 5.74) is 0.425. The van der Waals surface area contributed by atoms with Gasteiger partial charge in [-0.05, 0) is 31.9 Å². The second kappa shape index (κ2) is 7.72. The minimum absolute atomic E-state index is 0.166. The number of alkyl halides is 3. The average molecular weight is 446 g/mol. The summed E-state index contributed by atoms with van der Waals surface area (Å²) in [6, 6.07) is 2.28. The Kier molecular flexibility index (Phi) is 4.98. The quantitative estimate of drug-likeness (QED) is 0.598. The van der Waals surface area contributed by atoms with E-state index in [1.165, 1.54) is 12.4 Å². The van der Waals surface area contributed by atoms with E-state index in [2.05, 4.69) is 19.9 Å². The van der Waals surface area contributed by atoms with Gasteiger partial charge in [0.05, 0.1) is 6.54 Å². The Labute approximate surface area is 181 Å². The van der Waals surface area contributed by atoms with E-state index < -0.39 is 11.9 Å². The van der Waals surface area contributed by atoms with Gasteiger partial charge >= 0.3 is 6.18 Å². The van der Waals surface area contributed by atoms with Gasteiger partial charge in [0.2, 0.25) is 11.8 Å². The monoisotopic (exact) mass is 446 g/mol. The molecule has 11 heteroatoms. The van der Waals surface area contributed by atoms with Gasteiger partial charge in [0.25, 0.3) is 0 Å². The summed E-state index contributed by atoms with van der Waals surface area (Å²) >= 11 is 0. The number of aromatic nitrogens is 5. The van der Waals surface area contributed by atoms with Crippen LogP contribution >= 0.6 is 0 Å². The molecule has 2 aliphatic rings. The summed E-state index contributed by atoms with van der Waals surface area (Å²) in [5, 5.41) is 0. The summed E-state index contributed by atoms with van der Waals surface area (Å²) in [4.78, 5) is 30.8. The maximum absolute atomic E-state index is 12.9. The molecule has 0 aromatic carbocycles. The number of carbonyl (C=O) groups excluding carboxylic acids is 1. The summed E-state index contributed by atoms with van der Waals surface area (Å²) < 4.78 is 46.5. The molecule has 168 valence electrons. The van der Waals surface area contributed by atoms with Crippen LogP contribution in [0.5, 0.6) is 5.88 Å². The summed E-state index contributed by atoms with van der Waals surface area (Å²) in [5.74, 6) is 1.09. The van der Waals surface area contributed by atoms with Crippen LogP contribution in [0.2, 0.25) is 0 Å². The molecule has 8 nitrogen and oxygen atoms in total. The van der Waals surface area contributed by atoms with E-state index in [0.717, 1.165) is 25.1 Å². The SMILES string of the molecule is CCn1c(-c2ccc(C(F)(F)F)nc2)nc2c(OC3CCN(C(=O)C4CC4)C3)ncnc21. The maximum atomic E-state index is 12.9. The molecule has 32 heavy (non-hydrogen) atoms. The Hall–Kier alpha value is -3.24. The molecule has 0 N–H and O–H groups in total. The first kappa shape index (κ1) is 20.7. The number of likely N-dealkylation sites (tertiary alicyclic amines) is 1. The van der Waals surface area contributed by atoms with Crippen LogP contribution in [0.1, 0.15) is 31.9 Å². The first-order valence-corrected chi connectivity index (χ1v) is 10.6. The molecule has 4 heterocycles. The van der Waals surface area contributed by atoms with Crippen molar-refractivity contribution in [2.24, 2.45) is 5.92 Å². The van der Waals surface area contributed by atoms with Gasteiger partial charge in [-0.1, -0.05) is 0 Å². The predicted molar refractivity (Wildman–Crippen MR) is 108 cm³/mol. The fraction of sp³-hybridized carbons (Fsp3) is 0.476. The van der Waals surface area contributed by atoms with E-state index in [9.17, 15) is 18.0 Å². The minimum atomic E-state index is -4.51. The molecule has 1 aliphatic heterocycles. The summed E-state index contributed by atoms with van der Waals surface area (Å²) in [6.07, 6.45) is 0.455. The van der Waals surface area contributed by atoms with Crippen LogP contribution < -0.4 is 4.74 Å². The van der Waals surface area contributed by atoms with Crippen LogP contribution in [0, 0.1) is 5.92 Å². The number of ether oxygens (including phenoxy) is 1. The molecule has 0 spiro atoms. The van der Waals surface area contributed by atoms with E-state index in [-0.39, 0.29) is 17.9 Å². The van der Waals surface area contributed by atoms with Crippen molar-refractivity contribution >= 4 is 17.1 Å². The van der Waals surface area contributed by atoms with E-state index in [4.69, 9.17) is 4.74 Å². The molecule has 1 amide bonds. The number of nitrogens with zero attached hydrogens (tertiary/aromatic N) is 6. The number of hydrogen-bond acceptors (Lipinski definition) is 6. The number of carbonyl (C=O) groups is 1. The highest BCUT2D eigenvalue weighted by Gasteiger charge is 2.37. The number of imidazole rings is 1. The lowest BCUT2D eigenvalue weighted by atomic mass is 10.2. The molecule has 3 aromatic heterocycles. The van der Waals surface area contributed by atoms with Gasteiger partial charge < -0.3 is 14.2 Å². The molecule has 3 aromatic rings. The van der Waals surface area contributed by atoms with E-state index in [0.29, 0.717) is 54.5 Å². The Morgan fingerprint density at radius 1 is 1.19 bits per heavy atom. The molecule has 5 rings (SSSR count). The van der Waals surface area contributed by atoms with Crippen LogP contribution in [0.3, 0.4) is 0 Å². The molecule has 1 atom stereocenters. The maximum Gasteiger partial charge on any atom is 0.433 e.